The van der Waals surface area contributed by atoms with Gasteiger partial charge in [-0.2, -0.15) is 0 Å². The zero-order valence-electron chi connectivity index (χ0n) is 12.2. The highest BCUT2D eigenvalue weighted by Crippen LogP contribution is 2.27. The first-order chi connectivity index (χ1) is 10.6. The maximum absolute atomic E-state index is 13.7. The van der Waals surface area contributed by atoms with Crippen LogP contribution in [0.2, 0.25) is 0 Å². The van der Waals surface area contributed by atoms with Gasteiger partial charge >= 0.3 is 0 Å². The van der Waals surface area contributed by atoms with E-state index in [1.165, 1.54) is 6.07 Å². The number of carbonyl (C=O) groups excluding carboxylic acids is 2. The first kappa shape index (κ1) is 14.6. The van der Waals surface area contributed by atoms with Gasteiger partial charge in [-0.15, -0.1) is 0 Å². The quantitative estimate of drug-likeness (QED) is 0.894. The third kappa shape index (κ3) is 2.56. The topological polar surface area (TPSA) is 71.3 Å². The summed E-state index contributed by atoms with van der Waals surface area (Å²) >= 11 is 0. The summed E-state index contributed by atoms with van der Waals surface area (Å²) in [4.78, 5) is 24.2. The molecule has 1 aromatic heterocycles. The van der Waals surface area contributed by atoms with Crippen molar-refractivity contribution in [3.05, 3.63) is 35.3 Å². The molecule has 6 heteroatoms. The molecule has 22 heavy (non-hydrogen) atoms. The average Bonchev–Trinajstić information content (AvgIpc) is 2.71. The third-order valence-electron chi connectivity index (χ3n) is 3.96. The molecule has 5 nitrogen and oxygen atoms in total. The van der Waals surface area contributed by atoms with E-state index in [2.05, 4.69) is 10.6 Å². The van der Waals surface area contributed by atoms with Crippen molar-refractivity contribution in [2.75, 3.05) is 6.54 Å². The van der Waals surface area contributed by atoms with Crippen LogP contribution in [-0.4, -0.2) is 24.4 Å². The van der Waals surface area contributed by atoms with Crippen LogP contribution < -0.4 is 10.6 Å². The van der Waals surface area contributed by atoms with Gasteiger partial charge in [0, 0.05) is 17.5 Å². The molecule has 1 aromatic carbocycles. The van der Waals surface area contributed by atoms with Crippen LogP contribution in [0.3, 0.4) is 0 Å². The van der Waals surface area contributed by atoms with Crippen molar-refractivity contribution >= 4 is 22.8 Å². The molecule has 0 unspecified atom stereocenters. The number of benzene rings is 1. The lowest BCUT2D eigenvalue weighted by Gasteiger charge is -2.14. The Kier molecular flexibility index (Phi) is 3.83. The van der Waals surface area contributed by atoms with E-state index in [9.17, 15) is 14.0 Å². The predicted molar refractivity (Wildman–Crippen MR) is 79.0 cm³/mol. The summed E-state index contributed by atoms with van der Waals surface area (Å²) in [6.45, 7) is 2.33. The molecule has 2 aromatic rings. The molecule has 116 valence electrons. The number of aryl methyl sites for hydroxylation is 1. The van der Waals surface area contributed by atoms with Gasteiger partial charge in [-0.1, -0.05) is 12.1 Å². The van der Waals surface area contributed by atoms with Crippen molar-refractivity contribution in [2.24, 2.45) is 0 Å². The van der Waals surface area contributed by atoms with Crippen molar-refractivity contribution in [1.82, 2.24) is 10.6 Å². The SMILES string of the molecule is Cc1c(C(=O)N[C@@H]2CCCCNC2=O)oc2c(F)cccc12. The van der Waals surface area contributed by atoms with Crippen LogP contribution in [0.25, 0.3) is 11.0 Å². The van der Waals surface area contributed by atoms with Crippen LogP contribution in [-0.2, 0) is 4.79 Å². The molecular weight excluding hydrogens is 287 g/mol. The molecule has 1 atom stereocenters. The van der Waals surface area contributed by atoms with Gasteiger partial charge in [0.1, 0.15) is 6.04 Å². The summed E-state index contributed by atoms with van der Waals surface area (Å²) in [5, 5.41) is 6.00. The second-order valence-electron chi connectivity index (χ2n) is 5.49. The van der Waals surface area contributed by atoms with E-state index in [-0.39, 0.29) is 17.3 Å². The van der Waals surface area contributed by atoms with Gasteiger partial charge in [0.2, 0.25) is 5.91 Å². The molecule has 1 fully saturated rings. The van der Waals surface area contributed by atoms with Crippen molar-refractivity contribution in [3.63, 3.8) is 0 Å². The molecule has 1 saturated heterocycles. The lowest BCUT2D eigenvalue weighted by Crippen LogP contribution is -2.45. The fraction of sp³-hybridized carbons (Fsp3) is 0.375. The van der Waals surface area contributed by atoms with Crippen LogP contribution >= 0.6 is 0 Å². The van der Waals surface area contributed by atoms with Crippen LogP contribution in [0.5, 0.6) is 0 Å². The Morgan fingerprint density at radius 3 is 3.00 bits per heavy atom. The minimum absolute atomic E-state index is 0.0529. The molecular formula is C16H17FN2O3. The normalized spacial score (nSPS) is 18.8. The molecule has 2 N–H and O–H groups in total. The van der Waals surface area contributed by atoms with E-state index in [0.717, 1.165) is 12.8 Å². The second-order valence-corrected chi connectivity index (χ2v) is 5.49. The molecule has 2 amide bonds. The third-order valence-corrected chi connectivity index (χ3v) is 3.96. The Balaban J connectivity index is 1.87. The number of amides is 2. The summed E-state index contributed by atoms with van der Waals surface area (Å²) < 4.78 is 19.1. The Bertz CT molecular complexity index is 738. The fourth-order valence-corrected chi connectivity index (χ4v) is 2.73. The number of nitrogens with one attached hydrogen (secondary N) is 2. The number of carbonyl (C=O) groups is 2. The number of rotatable bonds is 2. The Labute approximate surface area is 126 Å². The minimum Gasteiger partial charge on any atom is -0.448 e. The molecule has 0 spiro atoms. The van der Waals surface area contributed by atoms with E-state index >= 15 is 0 Å². The standard InChI is InChI=1S/C16H17FN2O3/c1-9-10-5-4-6-11(17)14(10)22-13(9)16(21)19-12-7-2-3-8-18-15(12)20/h4-6,12H,2-3,7-8H2,1H3,(H,18,20)(H,19,21)/t12-/m1/s1. The zero-order valence-corrected chi connectivity index (χ0v) is 12.2. The summed E-state index contributed by atoms with van der Waals surface area (Å²) in [6, 6.07) is 3.98. The van der Waals surface area contributed by atoms with Gasteiger partial charge in [0.05, 0.1) is 0 Å². The van der Waals surface area contributed by atoms with E-state index in [1.54, 1.807) is 19.1 Å². The molecule has 1 aliphatic heterocycles. The molecule has 0 saturated carbocycles. The highest BCUT2D eigenvalue weighted by Gasteiger charge is 2.26. The summed E-state index contributed by atoms with van der Waals surface area (Å²) in [7, 11) is 0. The van der Waals surface area contributed by atoms with Crippen molar-refractivity contribution in [2.45, 2.75) is 32.2 Å². The van der Waals surface area contributed by atoms with Gasteiger partial charge in [-0.05, 0) is 32.3 Å². The van der Waals surface area contributed by atoms with Crippen LogP contribution in [0.1, 0.15) is 35.4 Å². The number of para-hydroxylation sites is 1. The Hall–Kier alpha value is -2.37. The first-order valence-corrected chi connectivity index (χ1v) is 7.34. The molecule has 1 aliphatic rings. The van der Waals surface area contributed by atoms with Crippen molar-refractivity contribution in [3.8, 4) is 0 Å². The van der Waals surface area contributed by atoms with Gasteiger partial charge in [0.25, 0.3) is 5.91 Å². The maximum atomic E-state index is 13.7. The second kappa shape index (κ2) is 5.79. The number of hydrogen-bond donors (Lipinski definition) is 2. The van der Waals surface area contributed by atoms with Crippen LogP contribution in [0, 0.1) is 12.7 Å². The van der Waals surface area contributed by atoms with Gasteiger partial charge in [-0.3, -0.25) is 9.59 Å². The van der Waals surface area contributed by atoms with Gasteiger partial charge < -0.3 is 15.1 Å². The van der Waals surface area contributed by atoms with Crippen LogP contribution in [0.4, 0.5) is 4.39 Å². The summed E-state index contributed by atoms with van der Waals surface area (Å²) in [5.74, 6) is -1.13. The monoisotopic (exact) mass is 304 g/mol. The van der Waals surface area contributed by atoms with Gasteiger partial charge in [-0.25, -0.2) is 4.39 Å². The van der Waals surface area contributed by atoms with E-state index in [0.29, 0.717) is 23.9 Å². The molecule has 2 heterocycles. The van der Waals surface area contributed by atoms with E-state index < -0.39 is 17.8 Å². The van der Waals surface area contributed by atoms with Crippen molar-refractivity contribution < 1.29 is 18.4 Å². The zero-order chi connectivity index (χ0) is 15.7. The molecule has 0 radical (unpaired) electrons. The van der Waals surface area contributed by atoms with Crippen LogP contribution in [0.15, 0.2) is 22.6 Å². The number of halogens is 1. The maximum Gasteiger partial charge on any atom is 0.287 e. The predicted octanol–water partition coefficient (Wildman–Crippen LogP) is 2.28. The Morgan fingerprint density at radius 1 is 1.41 bits per heavy atom. The van der Waals surface area contributed by atoms with Crippen molar-refractivity contribution in [1.29, 1.82) is 0 Å². The number of fused-ring (bicyclic) bond motifs is 1. The lowest BCUT2D eigenvalue weighted by molar-refractivity contribution is -0.122. The van der Waals surface area contributed by atoms with E-state index in [1.807, 2.05) is 0 Å². The Morgan fingerprint density at radius 2 is 2.23 bits per heavy atom. The largest absolute Gasteiger partial charge is 0.448 e. The van der Waals surface area contributed by atoms with Gasteiger partial charge in [0.15, 0.2) is 17.2 Å². The number of hydrogen-bond acceptors (Lipinski definition) is 3. The number of furan rings is 1. The highest BCUT2D eigenvalue weighted by atomic mass is 19.1. The van der Waals surface area contributed by atoms with E-state index in [4.69, 9.17) is 4.42 Å². The lowest BCUT2D eigenvalue weighted by atomic mass is 10.1. The summed E-state index contributed by atoms with van der Waals surface area (Å²) in [6.07, 6.45) is 2.34. The minimum atomic E-state index is -0.576. The molecule has 3 rings (SSSR count). The fourth-order valence-electron chi connectivity index (χ4n) is 2.73. The first-order valence-electron chi connectivity index (χ1n) is 7.34. The highest BCUT2D eigenvalue weighted by molar-refractivity contribution is 6.01. The molecule has 0 bridgehead atoms. The average molecular weight is 304 g/mol. The molecule has 0 aliphatic carbocycles. The smallest absolute Gasteiger partial charge is 0.287 e. The summed E-state index contributed by atoms with van der Waals surface area (Å²) in [5.41, 5.74) is 0.636.